The second kappa shape index (κ2) is 3.99. The average Bonchev–Trinajstić information content (AvgIpc) is 2.75. The monoisotopic (exact) mass is 262 g/mol. The lowest BCUT2D eigenvalue weighted by atomic mass is 10.2. The topological polar surface area (TPSA) is 48.9 Å². The Morgan fingerprint density at radius 2 is 2.00 bits per heavy atom. The van der Waals surface area contributed by atoms with Crippen molar-refractivity contribution >= 4 is 22.6 Å². The van der Waals surface area contributed by atoms with Gasteiger partial charge in [-0.1, -0.05) is 11.6 Å². The molecule has 18 heavy (non-hydrogen) atoms. The Hall–Kier alpha value is -2.07. The molecule has 0 bridgehead atoms. The lowest BCUT2D eigenvalue weighted by Crippen LogP contribution is -1.80. The fourth-order valence-electron chi connectivity index (χ4n) is 1.77. The molecule has 0 fully saturated rings. The molecular weight excluding hydrogens is 255 g/mol. The molecule has 2 N–H and O–H groups in total. The maximum atomic E-state index is 13.1. The zero-order valence-corrected chi connectivity index (χ0v) is 9.87. The third-order valence-electron chi connectivity index (χ3n) is 2.67. The smallest absolute Gasteiger partial charge is 0.138 e. The van der Waals surface area contributed by atoms with E-state index in [0.717, 1.165) is 5.56 Å². The molecule has 0 spiro atoms. The summed E-state index contributed by atoms with van der Waals surface area (Å²) in [6.45, 7) is 0. The molecule has 1 heterocycles. The summed E-state index contributed by atoms with van der Waals surface area (Å²) >= 11 is 5.84. The fourth-order valence-corrected chi connectivity index (χ4v) is 1.95. The lowest BCUT2D eigenvalue weighted by molar-refractivity contribution is 0.475. The molecule has 0 aliphatic rings. The van der Waals surface area contributed by atoms with Gasteiger partial charge in [0.25, 0.3) is 0 Å². The van der Waals surface area contributed by atoms with Gasteiger partial charge in [0.2, 0.25) is 0 Å². The van der Waals surface area contributed by atoms with Gasteiger partial charge < -0.3 is 10.1 Å². The SMILES string of the molecule is Oc1ccc(-c2nc3ccc(F)cc3[nH]2)cc1Cl. The van der Waals surface area contributed by atoms with E-state index >= 15 is 0 Å². The minimum Gasteiger partial charge on any atom is -0.506 e. The highest BCUT2D eigenvalue weighted by Crippen LogP contribution is 2.29. The van der Waals surface area contributed by atoms with Gasteiger partial charge in [0.1, 0.15) is 17.4 Å². The lowest BCUT2D eigenvalue weighted by Gasteiger charge is -1.99. The average molecular weight is 263 g/mol. The molecule has 0 unspecified atom stereocenters. The number of nitrogens with one attached hydrogen (secondary N) is 1. The summed E-state index contributed by atoms with van der Waals surface area (Å²) in [6, 6.07) is 9.13. The van der Waals surface area contributed by atoms with Crippen molar-refractivity contribution in [1.82, 2.24) is 9.97 Å². The predicted molar refractivity (Wildman–Crippen MR) is 68.2 cm³/mol. The van der Waals surface area contributed by atoms with Crippen LogP contribution in [-0.2, 0) is 0 Å². The number of hydrogen-bond acceptors (Lipinski definition) is 2. The molecular formula is C13H8ClFN2O. The summed E-state index contributed by atoms with van der Waals surface area (Å²) < 4.78 is 13.1. The number of rotatable bonds is 1. The van der Waals surface area contributed by atoms with Crippen molar-refractivity contribution in [3.63, 3.8) is 0 Å². The molecule has 3 rings (SSSR count). The molecule has 0 amide bonds. The van der Waals surface area contributed by atoms with Crippen molar-refractivity contribution in [1.29, 1.82) is 0 Å². The van der Waals surface area contributed by atoms with Crippen molar-refractivity contribution in [2.45, 2.75) is 0 Å². The van der Waals surface area contributed by atoms with E-state index in [4.69, 9.17) is 11.6 Å². The van der Waals surface area contributed by atoms with Crippen molar-refractivity contribution in [3.05, 3.63) is 47.2 Å². The quantitative estimate of drug-likeness (QED) is 0.702. The number of hydrogen-bond donors (Lipinski definition) is 2. The van der Waals surface area contributed by atoms with Gasteiger partial charge >= 0.3 is 0 Å². The minimum absolute atomic E-state index is 0.0163. The number of imidazole rings is 1. The Bertz CT molecular complexity index is 739. The number of halogens is 2. The van der Waals surface area contributed by atoms with E-state index in [2.05, 4.69) is 9.97 Å². The number of aromatic nitrogens is 2. The number of aromatic hydroxyl groups is 1. The maximum Gasteiger partial charge on any atom is 0.138 e. The third-order valence-corrected chi connectivity index (χ3v) is 2.97. The second-order valence-corrected chi connectivity index (χ2v) is 4.32. The Morgan fingerprint density at radius 3 is 2.78 bits per heavy atom. The van der Waals surface area contributed by atoms with Crippen LogP contribution >= 0.6 is 11.6 Å². The van der Waals surface area contributed by atoms with Crippen LogP contribution in [0.25, 0.3) is 22.4 Å². The molecule has 0 atom stereocenters. The first-order chi connectivity index (χ1) is 8.63. The van der Waals surface area contributed by atoms with Crippen LogP contribution in [0.4, 0.5) is 4.39 Å². The summed E-state index contributed by atoms with van der Waals surface area (Å²) in [5.74, 6) is 0.279. The second-order valence-electron chi connectivity index (χ2n) is 3.91. The summed E-state index contributed by atoms with van der Waals surface area (Å²) in [4.78, 5) is 7.34. The van der Waals surface area contributed by atoms with Crippen LogP contribution < -0.4 is 0 Å². The molecule has 1 aromatic heterocycles. The van der Waals surface area contributed by atoms with E-state index in [0.29, 0.717) is 16.9 Å². The summed E-state index contributed by atoms with van der Waals surface area (Å²) in [5.41, 5.74) is 2.03. The molecule has 0 aliphatic carbocycles. The van der Waals surface area contributed by atoms with E-state index in [1.807, 2.05) is 0 Å². The molecule has 5 heteroatoms. The molecule has 2 aromatic carbocycles. The first kappa shape index (κ1) is 11.0. The Morgan fingerprint density at radius 1 is 1.17 bits per heavy atom. The zero-order valence-electron chi connectivity index (χ0n) is 9.11. The van der Waals surface area contributed by atoms with Crippen LogP contribution in [0, 0.1) is 5.82 Å². The number of benzene rings is 2. The van der Waals surface area contributed by atoms with Gasteiger partial charge in [-0.25, -0.2) is 9.37 Å². The standard InChI is InChI=1S/C13H8ClFN2O/c14-9-5-7(1-4-12(9)18)13-16-10-3-2-8(15)6-11(10)17-13/h1-6,18H,(H,16,17). The largest absolute Gasteiger partial charge is 0.506 e. The van der Waals surface area contributed by atoms with E-state index in [1.165, 1.54) is 18.2 Å². The van der Waals surface area contributed by atoms with Gasteiger partial charge in [0, 0.05) is 5.56 Å². The van der Waals surface area contributed by atoms with Gasteiger partial charge in [-0.2, -0.15) is 0 Å². The normalized spacial score (nSPS) is 11.0. The summed E-state index contributed by atoms with van der Waals surface area (Å²) in [7, 11) is 0. The highest BCUT2D eigenvalue weighted by atomic mass is 35.5. The van der Waals surface area contributed by atoms with Crippen LogP contribution in [0.3, 0.4) is 0 Å². The zero-order chi connectivity index (χ0) is 12.7. The maximum absolute atomic E-state index is 13.1. The number of H-pyrrole nitrogens is 1. The van der Waals surface area contributed by atoms with Gasteiger partial charge in [0.05, 0.1) is 16.1 Å². The fraction of sp³-hybridized carbons (Fsp3) is 0. The summed E-state index contributed by atoms with van der Waals surface area (Å²) in [6.07, 6.45) is 0. The molecule has 0 saturated carbocycles. The number of phenolic OH excluding ortho intramolecular Hbond substituents is 1. The van der Waals surface area contributed by atoms with E-state index < -0.39 is 0 Å². The van der Waals surface area contributed by atoms with Crippen LogP contribution in [-0.4, -0.2) is 15.1 Å². The van der Waals surface area contributed by atoms with E-state index in [9.17, 15) is 9.50 Å². The van der Waals surface area contributed by atoms with Crippen molar-refractivity contribution in [3.8, 4) is 17.1 Å². The molecule has 90 valence electrons. The van der Waals surface area contributed by atoms with Crippen LogP contribution in [0.1, 0.15) is 0 Å². The molecule has 0 radical (unpaired) electrons. The van der Waals surface area contributed by atoms with Crippen molar-refractivity contribution in [2.24, 2.45) is 0 Å². The number of aromatic amines is 1. The molecule has 3 aromatic rings. The Labute approximate surface area is 107 Å². The predicted octanol–water partition coefficient (Wildman–Crippen LogP) is 3.73. The van der Waals surface area contributed by atoms with Gasteiger partial charge in [0.15, 0.2) is 0 Å². The number of phenols is 1. The Balaban J connectivity index is 2.16. The van der Waals surface area contributed by atoms with Crippen LogP contribution in [0.5, 0.6) is 5.75 Å². The number of nitrogens with zero attached hydrogens (tertiary/aromatic N) is 1. The first-order valence-corrected chi connectivity index (χ1v) is 5.65. The number of fused-ring (bicyclic) bond motifs is 1. The van der Waals surface area contributed by atoms with Crippen molar-refractivity contribution < 1.29 is 9.50 Å². The molecule has 0 aliphatic heterocycles. The van der Waals surface area contributed by atoms with Crippen LogP contribution in [0.15, 0.2) is 36.4 Å². The van der Waals surface area contributed by atoms with Gasteiger partial charge in [-0.05, 0) is 36.4 Å². The first-order valence-electron chi connectivity index (χ1n) is 5.27. The van der Waals surface area contributed by atoms with E-state index in [-0.39, 0.29) is 16.6 Å². The van der Waals surface area contributed by atoms with Gasteiger partial charge in [-0.15, -0.1) is 0 Å². The van der Waals surface area contributed by atoms with Gasteiger partial charge in [-0.3, -0.25) is 0 Å². The Kier molecular flexibility index (Phi) is 2.45. The van der Waals surface area contributed by atoms with Crippen LogP contribution in [0.2, 0.25) is 5.02 Å². The molecule has 3 nitrogen and oxygen atoms in total. The van der Waals surface area contributed by atoms with Crippen molar-refractivity contribution in [2.75, 3.05) is 0 Å². The van der Waals surface area contributed by atoms with E-state index in [1.54, 1.807) is 18.2 Å². The third kappa shape index (κ3) is 1.80. The molecule has 0 saturated heterocycles. The highest BCUT2D eigenvalue weighted by Gasteiger charge is 2.08. The summed E-state index contributed by atoms with van der Waals surface area (Å²) in [5, 5.41) is 9.60. The minimum atomic E-state index is -0.318. The highest BCUT2D eigenvalue weighted by molar-refractivity contribution is 6.32.